The van der Waals surface area contributed by atoms with Crippen LogP contribution in [-0.2, 0) is 14.3 Å². The summed E-state index contributed by atoms with van der Waals surface area (Å²) in [5.74, 6) is -0.704. The normalized spacial score (nSPS) is 9.43. The third-order valence-electron chi connectivity index (χ3n) is 3.20. The van der Waals surface area contributed by atoms with Crippen molar-refractivity contribution in [3.8, 4) is 0 Å². The van der Waals surface area contributed by atoms with E-state index in [2.05, 4.69) is 13.8 Å². The third-order valence-corrected chi connectivity index (χ3v) is 3.20. The second-order valence-electron chi connectivity index (χ2n) is 5.17. The zero-order valence-electron chi connectivity index (χ0n) is 12.7. The van der Waals surface area contributed by atoms with Gasteiger partial charge in [0.15, 0.2) is 0 Å². The van der Waals surface area contributed by atoms with Crippen molar-refractivity contribution in [2.75, 3.05) is 0 Å². The molecule has 5 heteroatoms. The van der Waals surface area contributed by atoms with Crippen LogP contribution in [0, 0.1) is 0 Å². The first kappa shape index (κ1) is 27.0. The summed E-state index contributed by atoms with van der Waals surface area (Å²) in [6, 6.07) is 0. The van der Waals surface area contributed by atoms with Crippen LogP contribution in [-0.4, -0.2) is 71.1 Å². The SMILES string of the molecule is CCCCCCCC(=O)OC(=O)CCCCCCC.[NaH].[NaH]. The van der Waals surface area contributed by atoms with Crippen LogP contribution in [0.1, 0.15) is 90.9 Å². The summed E-state index contributed by atoms with van der Waals surface area (Å²) < 4.78 is 4.79. The van der Waals surface area contributed by atoms with Gasteiger partial charge >= 0.3 is 71.1 Å². The van der Waals surface area contributed by atoms with Crippen molar-refractivity contribution in [3.05, 3.63) is 0 Å². The van der Waals surface area contributed by atoms with Crippen LogP contribution in [0.4, 0.5) is 0 Å². The molecule has 21 heavy (non-hydrogen) atoms. The molecule has 0 saturated heterocycles. The first-order valence-corrected chi connectivity index (χ1v) is 7.94. The Morgan fingerprint density at radius 3 is 1.29 bits per heavy atom. The van der Waals surface area contributed by atoms with E-state index in [0.717, 1.165) is 38.5 Å². The van der Waals surface area contributed by atoms with Crippen LogP contribution in [0.3, 0.4) is 0 Å². The maximum absolute atomic E-state index is 11.4. The minimum atomic E-state index is -0.352. The Morgan fingerprint density at radius 1 is 0.619 bits per heavy atom. The monoisotopic (exact) mass is 318 g/mol. The molecule has 0 spiro atoms. The maximum atomic E-state index is 11.4. The summed E-state index contributed by atoms with van der Waals surface area (Å²) in [4.78, 5) is 22.8. The van der Waals surface area contributed by atoms with Crippen LogP contribution >= 0.6 is 0 Å². The predicted octanol–water partition coefficient (Wildman–Crippen LogP) is 3.48. The van der Waals surface area contributed by atoms with E-state index in [4.69, 9.17) is 4.74 Å². The minimum absolute atomic E-state index is 0. The molecule has 0 aliphatic rings. The number of ether oxygens (including phenoxy) is 1. The van der Waals surface area contributed by atoms with E-state index in [1.807, 2.05) is 0 Å². The fraction of sp³-hybridized carbons (Fsp3) is 0.875. The Balaban J connectivity index is -0.00000162. The fourth-order valence-electron chi connectivity index (χ4n) is 1.97. The van der Waals surface area contributed by atoms with Crippen molar-refractivity contribution in [3.63, 3.8) is 0 Å². The first-order valence-electron chi connectivity index (χ1n) is 7.94. The van der Waals surface area contributed by atoms with Gasteiger partial charge in [-0.15, -0.1) is 0 Å². The molecule has 0 aliphatic heterocycles. The summed E-state index contributed by atoms with van der Waals surface area (Å²) in [6.07, 6.45) is 11.7. The summed E-state index contributed by atoms with van der Waals surface area (Å²) in [6.45, 7) is 4.32. The quantitative estimate of drug-likeness (QED) is 0.239. The van der Waals surface area contributed by atoms with Crippen molar-refractivity contribution in [1.29, 1.82) is 0 Å². The number of carbonyl (C=O) groups is 2. The number of unbranched alkanes of at least 4 members (excludes halogenated alkanes) is 8. The molecule has 116 valence electrons. The second-order valence-corrected chi connectivity index (χ2v) is 5.17. The van der Waals surface area contributed by atoms with Crippen molar-refractivity contribution in [2.24, 2.45) is 0 Å². The summed E-state index contributed by atoms with van der Waals surface area (Å²) in [5.41, 5.74) is 0. The molecule has 0 atom stereocenters. The molecule has 0 fully saturated rings. The van der Waals surface area contributed by atoms with Crippen LogP contribution in [0.25, 0.3) is 0 Å². The van der Waals surface area contributed by atoms with Gasteiger partial charge in [-0.25, -0.2) is 0 Å². The molecule has 3 nitrogen and oxygen atoms in total. The molecule has 0 aromatic heterocycles. The second kappa shape index (κ2) is 21.1. The van der Waals surface area contributed by atoms with Gasteiger partial charge in [-0.3, -0.25) is 9.59 Å². The Morgan fingerprint density at radius 2 is 0.952 bits per heavy atom. The van der Waals surface area contributed by atoms with Crippen molar-refractivity contribution >= 4 is 71.1 Å². The molecule has 0 amide bonds. The fourth-order valence-corrected chi connectivity index (χ4v) is 1.97. The number of hydrogen-bond acceptors (Lipinski definition) is 3. The van der Waals surface area contributed by atoms with Gasteiger partial charge in [0, 0.05) is 12.8 Å². The van der Waals surface area contributed by atoms with Crippen LogP contribution in [0.15, 0.2) is 0 Å². The van der Waals surface area contributed by atoms with Gasteiger partial charge < -0.3 is 4.74 Å². The van der Waals surface area contributed by atoms with E-state index in [-0.39, 0.29) is 71.1 Å². The molecule has 0 heterocycles. The topological polar surface area (TPSA) is 43.4 Å². The standard InChI is InChI=1S/C16H30O3.2Na.2H/c1-3-5-7-9-11-13-15(17)19-16(18)14-12-10-8-6-4-2;;;;/h3-14H2,1-2H3;;;;. The molecule has 0 unspecified atom stereocenters. The van der Waals surface area contributed by atoms with E-state index < -0.39 is 0 Å². The molecule has 0 N–H and O–H groups in total. The van der Waals surface area contributed by atoms with Gasteiger partial charge in [-0.05, 0) is 12.8 Å². The van der Waals surface area contributed by atoms with E-state index in [1.165, 1.54) is 25.7 Å². The molecular formula is C16H32Na2O3. The van der Waals surface area contributed by atoms with E-state index in [1.54, 1.807) is 0 Å². The summed E-state index contributed by atoms with van der Waals surface area (Å²) in [5, 5.41) is 0. The van der Waals surface area contributed by atoms with Crippen molar-refractivity contribution in [2.45, 2.75) is 90.9 Å². The Bertz CT molecular complexity index is 222. The van der Waals surface area contributed by atoms with Crippen LogP contribution < -0.4 is 0 Å². The van der Waals surface area contributed by atoms with Gasteiger partial charge in [-0.2, -0.15) is 0 Å². The first-order chi connectivity index (χ1) is 9.20. The Labute approximate surface area is 174 Å². The van der Waals surface area contributed by atoms with E-state index in [9.17, 15) is 9.59 Å². The van der Waals surface area contributed by atoms with Crippen LogP contribution in [0.2, 0.25) is 0 Å². The molecule has 0 aromatic rings. The average molecular weight is 318 g/mol. The number of hydrogen-bond donors (Lipinski definition) is 0. The van der Waals surface area contributed by atoms with Gasteiger partial charge in [0.25, 0.3) is 0 Å². The molecular weight excluding hydrogens is 286 g/mol. The number of esters is 2. The van der Waals surface area contributed by atoms with E-state index >= 15 is 0 Å². The third kappa shape index (κ3) is 21.1. The predicted molar refractivity (Wildman–Crippen MR) is 92.1 cm³/mol. The van der Waals surface area contributed by atoms with Gasteiger partial charge in [0.05, 0.1) is 0 Å². The van der Waals surface area contributed by atoms with Gasteiger partial charge in [0.2, 0.25) is 0 Å². The molecule has 0 aliphatic carbocycles. The Kier molecular flexibility index (Phi) is 27.2. The molecule has 0 aromatic carbocycles. The zero-order valence-corrected chi connectivity index (χ0v) is 12.7. The van der Waals surface area contributed by atoms with Crippen LogP contribution in [0.5, 0.6) is 0 Å². The number of carbonyl (C=O) groups excluding carboxylic acids is 2. The van der Waals surface area contributed by atoms with E-state index in [0.29, 0.717) is 12.8 Å². The van der Waals surface area contributed by atoms with Crippen molar-refractivity contribution in [1.82, 2.24) is 0 Å². The van der Waals surface area contributed by atoms with Crippen molar-refractivity contribution < 1.29 is 14.3 Å². The summed E-state index contributed by atoms with van der Waals surface area (Å²) in [7, 11) is 0. The molecule has 0 bridgehead atoms. The number of rotatable bonds is 12. The molecule has 0 saturated carbocycles. The van der Waals surface area contributed by atoms with Gasteiger partial charge in [-0.1, -0.05) is 65.2 Å². The average Bonchev–Trinajstić information content (AvgIpc) is 2.38. The van der Waals surface area contributed by atoms with Gasteiger partial charge in [0.1, 0.15) is 0 Å². The Hall–Kier alpha value is 1.14. The summed E-state index contributed by atoms with van der Waals surface area (Å²) >= 11 is 0. The zero-order chi connectivity index (χ0) is 14.3. The molecule has 0 radical (unpaired) electrons. The molecule has 0 rings (SSSR count).